The molecule has 2 N–H and O–H groups in total. The molecule has 158 valence electrons. The van der Waals surface area contributed by atoms with Crippen molar-refractivity contribution in [1.82, 2.24) is 9.71 Å². The van der Waals surface area contributed by atoms with E-state index < -0.39 is 22.8 Å². The van der Waals surface area contributed by atoms with Crippen LogP contribution in [0.2, 0.25) is 0 Å². The molecule has 0 aliphatic heterocycles. The van der Waals surface area contributed by atoms with E-state index in [0.717, 1.165) is 18.8 Å². The number of carbonyl (C=O) groups is 1. The predicted octanol–water partition coefficient (Wildman–Crippen LogP) is 3.15. The number of aromatic nitrogens is 2. The van der Waals surface area contributed by atoms with Crippen LogP contribution in [0, 0.1) is 0 Å². The molecule has 0 unspecified atom stereocenters. The molecule has 0 saturated carbocycles. The van der Waals surface area contributed by atoms with E-state index in [4.69, 9.17) is 9.47 Å². The molecule has 3 rings (SSSR count). The molecule has 2 heterocycles. The summed E-state index contributed by atoms with van der Waals surface area (Å²) in [5, 5.41) is 20.5. The topological polar surface area (TPSA) is 114 Å². The standard InChI is InChI=1S/C21H23N3O6/c1-4-23(5-2)13-7-9-14(10-8-13)30-15-11-16-18(25)17(21(27)29-6-3)20(26)24(28)19(16)22-12-15/h7-12,25,28H,4-6H2,1-3H3. The lowest BCUT2D eigenvalue weighted by molar-refractivity contribution is 0.0515. The lowest BCUT2D eigenvalue weighted by Crippen LogP contribution is -2.27. The molecule has 9 heteroatoms. The molecule has 30 heavy (non-hydrogen) atoms. The summed E-state index contributed by atoms with van der Waals surface area (Å²) < 4.78 is 10.8. The van der Waals surface area contributed by atoms with Gasteiger partial charge in [0.2, 0.25) is 0 Å². The van der Waals surface area contributed by atoms with Gasteiger partial charge in [0.1, 0.15) is 17.2 Å². The molecule has 0 aliphatic rings. The highest BCUT2D eigenvalue weighted by molar-refractivity contribution is 5.98. The molecular formula is C21H23N3O6. The third kappa shape index (κ3) is 3.86. The zero-order valence-corrected chi connectivity index (χ0v) is 17.0. The second kappa shape index (κ2) is 8.73. The Morgan fingerprint density at radius 2 is 1.80 bits per heavy atom. The number of fused-ring (bicyclic) bond motifs is 1. The summed E-state index contributed by atoms with van der Waals surface area (Å²) in [4.78, 5) is 30.4. The summed E-state index contributed by atoms with van der Waals surface area (Å²) in [6.45, 7) is 7.49. The number of nitrogens with zero attached hydrogens (tertiary/aromatic N) is 3. The zero-order chi connectivity index (χ0) is 21.8. The SMILES string of the molecule is CCOC(=O)c1c(O)c2cc(Oc3ccc(N(CC)CC)cc3)cnc2n(O)c1=O. The van der Waals surface area contributed by atoms with Gasteiger partial charge in [0.15, 0.2) is 11.2 Å². The maximum Gasteiger partial charge on any atom is 0.347 e. The molecule has 0 fully saturated rings. The molecule has 0 radical (unpaired) electrons. The normalized spacial score (nSPS) is 10.8. The van der Waals surface area contributed by atoms with Crippen LogP contribution in [0.4, 0.5) is 5.69 Å². The monoisotopic (exact) mass is 413 g/mol. The maximum atomic E-state index is 12.2. The van der Waals surface area contributed by atoms with E-state index in [1.165, 1.54) is 12.3 Å². The predicted molar refractivity (Wildman–Crippen MR) is 111 cm³/mol. The van der Waals surface area contributed by atoms with E-state index in [0.29, 0.717) is 5.75 Å². The summed E-state index contributed by atoms with van der Waals surface area (Å²) >= 11 is 0. The van der Waals surface area contributed by atoms with Gasteiger partial charge in [-0.3, -0.25) is 4.79 Å². The Kier molecular flexibility index (Phi) is 6.10. The molecule has 0 amide bonds. The largest absolute Gasteiger partial charge is 0.506 e. The van der Waals surface area contributed by atoms with Crippen molar-refractivity contribution >= 4 is 22.7 Å². The van der Waals surface area contributed by atoms with Crippen LogP contribution < -0.4 is 15.2 Å². The number of aromatic hydroxyl groups is 1. The number of esters is 1. The minimum Gasteiger partial charge on any atom is -0.506 e. The Balaban J connectivity index is 1.98. The first-order valence-corrected chi connectivity index (χ1v) is 9.58. The van der Waals surface area contributed by atoms with Gasteiger partial charge in [-0.2, -0.15) is 0 Å². The highest BCUT2D eigenvalue weighted by Crippen LogP contribution is 2.31. The number of hydrogen-bond acceptors (Lipinski definition) is 8. The van der Waals surface area contributed by atoms with Crippen LogP contribution in [0.25, 0.3) is 11.0 Å². The Hall–Kier alpha value is -3.75. The Labute approximate surface area is 172 Å². The quantitative estimate of drug-likeness (QED) is 0.448. The third-order valence-corrected chi connectivity index (χ3v) is 4.62. The van der Waals surface area contributed by atoms with Gasteiger partial charge in [0, 0.05) is 18.8 Å². The summed E-state index contributed by atoms with van der Waals surface area (Å²) in [5.74, 6) is -0.882. The molecule has 3 aromatic rings. The number of rotatable bonds is 7. The molecule has 0 aliphatic carbocycles. The van der Waals surface area contributed by atoms with Crippen molar-refractivity contribution < 1.29 is 24.6 Å². The van der Waals surface area contributed by atoms with E-state index >= 15 is 0 Å². The summed E-state index contributed by atoms with van der Waals surface area (Å²) in [7, 11) is 0. The summed E-state index contributed by atoms with van der Waals surface area (Å²) in [6, 6.07) is 8.84. The smallest absolute Gasteiger partial charge is 0.347 e. The molecule has 0 saturated heterocycles. The highest BCUT2D eigenvalue weighted by atomic mass is 16.5. The van der Waals surface area contributed by atoms with Gasteiger partial charge in [-0.25, -0.2) is 9.78 Å². The molecule has 1 aromatic carbocycles. The van der Waals surface area contributed by atoms with Crippen LogP contribution in [-0.4, -0.2) is 45.7 Å². The Morgan fingerprint density at radius 1 is 1.13 bits per heavy atom. The fourth-order valence-electron chi connectivity index (χ4n) is 3.11. The number of ether oxygens (including phenoxy) is 2. The van der Waals surface area contributed by atoms with Crippen LogP contribution >= 0.6 is 0 Å². The highest BCUT2D eigenvalue weighted by Gasteiger charge is 2.24. The van der Waals surface area contributed by atoms with Gasteiger partial charge in [0.25, 0.3) is 0 Å². The van der Waals surface area contributed by atoms with Gasteiger partial charge >= 0.3 is 11.5 Å². The van der Waals surface area contributed by atoms with Gasteiger partial charge in [-0.05, 0) is 51.1 Å². The average molecular weight is 413 g/mol. The van der Waals surface area contributed by atoms with E-state index in [1.54, 1.807) is 19.1 Å². The van der Waals surface area contributed by atoms with Crippen molar-refractivity contribution in [2.24, 2.45) is 0 Å². The first-order chi connectivity index (χ1) is 14.4. The molecular weight excluding hydrogens is 390 g/mol. The van der Waals surface area contributed by atoms with E-state index in [9.17, 15) is 19.9 Å². The van der Waals surface area contributed by atoms with Crippen LogP contribution in [-0.2, 0) is 4.74 Å². The lowest BCUT2D eigenvalue weighted by atomic mass is 10.1. The summed E-state index contributed by atoms with van der Waals surface area (Å²) in [5.41, 5.74) is -0.944. The minimum absolute atomic E-state index is 0.00602. The Bertz CT molecular complexity index is 1120. The van der Waals surface area contributed by atoms with Gasteiger partial charge < -0.3 is 24.7 Å². The van der Waals surface area contributed by atoms with Crippen molar-refractivity contribution in [2.45, 2.75) is 20.8 Å². The van der Waals surface area contributed by atoms with E-state index in [-0.39, 0.29) is 28.1 Å². The first-order valence-electron chi connectivity index (χ1n) is 9.58. The number of anilines is 1. The zero-order valence-electron chi connectivity index (χ0n) is 17.0. The van der Waals surface area contributed by atoms with Crippen molar-refractivity contribution in [3.8, 4) is 17.2 Å². The van der Waals surface area contributed by atoms with Crippen LogP contribution in [0.3, 0.4) is 0 Å². The van der Waals surface area contributed by atoms with Gasteiger partial charge in [-0.1, -0.05) is 0 Å². The summed E-state index contributed by atoms with van der Waals surface area (Å²) in [6.07, 6.45) is 1.30. The Morgan fingerprint density at radius 3 is 2.40 bits per heavy atom. The van der Waals surface area contributed by atoms with E-state index in [2.05, 4.69) is 23.7 Å². The number of benzene rings is 1. The van der Waals surface area contributed by atoms with Crippen LogP contribution in [0.15, 0.2) is 41.3 Å². The molecule has 0 bridgehead atoms. The van der Waals surface area contributed by atoms with Crippen molar-refractivity contribution in [3.05, 3.63) is 52.4 Å². The van der Waals surface area contributed by atoms with Gasteiger partial charge in [0.05, 0.1) is 18.2 Å². The van der Waals surface area contributed by atoms with Crippen LogP contribution in [0.1, 0.15) is 31.1 Å². The molecule has 0 spiro atoms. The fourth-order valence-corrected chi connectivity index (χ4v) is 3.11. The fraction of sp³-hybridized carbons (Fsp3) is 0.286. The van der Waals surface area contributed by atoms with Crippen LogP contribution in [0.5, 0.6) is 17.2 Å². The molecule has 2 aromatic heterocycles. The van der Waals surface area contributed by atoms with Crippen molar-refractivity contribution in [1.29, 1.82) is 0 Å². The third-order valence-electron chi connectivity index (χ3n) is 4.62. The first kappa shape index (κ1) is 21.0. The average Bonchev–Trinajstić information content (AvgIpc) is 2.74. The minimum atomic E-state index is -1.12. The second-order valence-corrected chi connectivity index (χ2v) is 6.37. The molecule has 9 nitrogen and oxygen atoms in total. The lowest BCUT2D eigenvalue weighted by Gasteiger charge is -2.21. The number of hydrogen-bond donors (Lipinski definition) is 2. The van der Waals surface area contributed by atoms with Crippen molar-refractivity contribution in [2.75, 3.05) is 24.6 Å². The van der Waals surface area contributed by atoms with Crippen molar-refractivity contribution in [3.63, 3.8) is 0 Å². The van der Waals surface area contributed by atoms with E-state index in [1.807, 2.05) is 12.1 Å². The maximum absolute atomic E-state index is 12.2. The van der Waals surface area contributed by atoms with Gasteiger partial charge in [-0.15, -0.1) is 4.73 Å². The second-order valence-electron chi connectivity index (χ2n) is 6.37. The number of pyridine rings is 2. The number of carbonyl (C=O) groups excluding carboxylic acids is 1. The molecule has 0 atom stereocenters.